The van der Waals surface area contributed by atoms with Crippen molar-refractivity contribution in [1.29, 1.82) is 0 Å². The van der Waals surface area contributed by atoms with Crippen LogP contribution in [0.15, 0.2) is 0 Å². The summed E-state index contributed by atoms with van der Waals surface area (Å²) in [5.41, 5.74) is 8.99. The molecule has 0 amide bonds. The molecule has 0 spiro atoms. The number of rotatable bonds is 1. The minimum atomic E-state index is -0.200. The molecule has 1 aliphatic rings. The largest absolute Gasteiger partial charge is 0.393 e. The Morgan fingerprint density at radius 1 is 1.69 bits per heavy atom. The highest BCUT2D eigenvalue weighted by Gasteiger charge is 2.22. The number of hydrogen-bond donors (Lipinski definition) is 2. The average Bonchev–Trinajstić information content (AvgIpc) is 2.43. The van der Waals surface area contributed by atoms with Gasteiger partial charge in [0.1, 0.15) is 0 Å². The molecule has 3 N–H and O–H groups in total. The fourth-order valence-corrected chi connectivity index (χ4v) is 2.01. The van der Waals surface area contributed by atoms with Gasteiger partial charge in [0.15, 0.2) is 0 Å². The van der Waals surface area contributed by atoms with Gasteiger partial charge in [0, 0.05) is 25.7 Å². The van der Waals surface area contributed by atoms with Gasteiger partial charge >= 0.3 is 0 Å². The van der Waals surface area contributed by atoms with Crippen LogP contribution in [0.5, 0.6) is 0 Å². The van der Waals surface area contributed by atoms with Crippen LogP contribution < -0.4 is 5.73 Å². The highest BCUT2D eigenvalue weighted by atomic mass is 16.3. The van der Waals surface area contributed by atoms with Crippen LogP contribution in [0.4, 0.5) is 0 Å². The number of hydrogen-bond acceptors (Lipinski definition) is 3. The van der Waals surface area contributed by atoms with Crippen LogP contribution in [0.25, 0.3) is 0 Å². The van der Waals surface area contributed by atoms with E-state index in [9.17, 15) is 5.11 Å². The van der Waals surface area contributed by atoms with Gasteiger partial charge in [-0.25, -0.2) is 0 Å². The molecule has 1 heterocycles. The molecule has 0 aliphatic heterocycles. The third kappa shape index (κ3) is 1.36. The zero-order valence-electron chi connectivity index (χ0n) is 7.82. The lowest BCUT2D eigenvalue weighted by Gasteiger charge is -2.18. The minimum absolute atomic E-state index is 0.200. The second-order valence-corrected chi connectivity index (χ2v) is 3.60. The quantitative estimate of drug-likeness (QED) is 0.626. The van der Waals surface area contributed by atoms with Gasteiger partial charge in [-0.2, -0.15) is 5.10 Å². The maximum absolute atomic E-state index is 9.49. The molecule has 1 atom stereocenters. The van der Waals surface area contributed by atoms with Crippen LogP contribution in [0.3, 0.4) is 0 Å². The minimum Gasteiger partial charge on any atom is -0.393 e. The van der Waals surface area contributed by atoms with Gasteiger partial charge in [0.05, 0.1) is 11.8 Å². The first-order valence-electron chi connectivity index (χ1n) is 4.64. The topological polar surface area (TPSA) is 64.1 Å². The number of aliphatic hydroxyl groups excluding tert-OH is 1. The summed E-state index contributed by atoms with van der Waals surface area (Å²) in [5.74, 6) is 0. The van der Waals surface area contributed by atoms with Gasteiger partial charge < -0.3 is 10.8 Å². The van der Waals surface area contributed by atoms with Crippen molar-refractivity contribution >= 4 is 0 Å². The Morgan fingerprint density at radius 3 is 3.15 bits per heavy atom. The molecule has 2 rings (SSSR count). The molecular weight excluding hydrogens is 166 g/mol. The number of nitrogens with two attached hydrogens (primary N) is 1. The van der Waals surface area contributed by atoms with Crippen molar-refractivity contribution in [2.45, 2.75) is 31.9 Å². The van der Waals surface area contributed by atoms with E-state index >= 15 is 0 Å². The van der Waals surface area contributed by atoms with Crippen molar-refractivity contribution < 1.29 is 5.11 Å². The molecule has 1 aromatic heterocycles. The van der Waals surface area contributed by atoms with Gasteiger partial charge in [0.25, 0.3) is 0 Å². The lowest BCUT2D eigenvalue weighted by Crippen LogP contribution is -2.20. The van der Waals surface area contributed by atoms with E-state index < -0.39 is 0 Å². The normalized spacial score (nSPS) is 21.6. The highest BCUT2D eigenvalue weighted by Crippen LogP contribution is 2.23. The first kappa shape index (κ1) is 8.72. The molecule has 0 radical (unpaired) electrons. The predicted octanol–water partition coefficient (Wildman–Crippen LogP) is -0.272. The fourth-order valence-electron chi connectivity index (χ4n) is 2.01. The SMILES string of the molecule is Cn1nc(CN)c2c1CC(O)CC2. The van der Waals surface area contributed by atoms with E-state index in [4.69, 9.17) is 5.73 Å². The van der Waals surface area contributed by atoms with E-state index in [0.717, 1.165) is 30.7 Å². The monoisotopic (exact) mass is 181 g/mol. The Morgan fingerprint density at radius 2 is 2.46 bits per heavy atom. The summed E-state index contributed by atoms with van der Waals surface area (Å²) >= 11 is 0. The van der Waals surface area contributed by atoms with Crippen molar-refractivity contribution in [1.82, 2.24) is 9.78 Å². The lowest BCUT2D eigenvalue weighted by atomic mass is 9.93. The molecule has 0 fully saturated rings. The summed E-state index contributed by atoms with van der Waals surface area (Å²) in [6, 6.07) is 0. The maximum atomic E-state index is 9.49. The number of nitrogens with zero attached hydrogens (tertiary/aromatic N) is 2. The molecule has 1 aromatic rings. The third-order valence-electron chi connectivity index (χ3n) is 2.71. The summed E-state index contributed by atoms with van der Waals surface area (Å²) in [4.78, 5) is 0. The van der Waals surface area contributed by atoms with Gasteiger partial charge in [-0.05, 0) is 18.4 Å². The molecule has 13 heavy (non-hydrogen) atoms. The Kier molecular flexibility index (Phi) is 2.09. The Balaban J connectivity index is 2.42. The Bertz CT molecular complexity index is 319. The highest BCUT2D eigenvalue weighted by molar-refractivity contribution is 5.29. The molecule has 0 saturated carbocycles. The first-order chi connectivity index (χ1) is 6.22. The summed E-state index contributed by atoms with van der Waals surface area (Å²) in [7, 11) is 1.91. The molecule has 1 unspecified atom stereocenters. The number of aromatic nitrogens is 2. The molecule has 0 aromatic carbocycles. The van der Waals surface area contributed by atoms with E-state index in [1.54, 1.807) is 0 Å². The second-order valence-electron chi connectivity index (χ2n) is 3.60. The average molecular weight is 181 g/mol. The first-order valence-corrected chi connectivity index (χ1v) is 4.64. The van der Waals surface area contributed by atoms with E-state index in [1.807, 2.05) is 11.7 Å². The molecular formula is C9H15N3O. The number of fused-ring (bicyclic) bond motifs is 1. The van der Waals surface area contributed by atoms with Crippen molar-refractivity contribution in [3.8, 4) is 0 Å². The fraction of sp³-hybridized carbons (Fsp3) is 0.667. The van der Waals surface area contributed by atoms with Gasteiger partial charge in [-0.3, -0.25) is 4.68 Å². The second kappa shape index (κ2) is 3.12. The van der Waals surface area contributed by atoms with E-state index in [2.05, 4.69) is 5.10 Å². The van der Waals surface area contributed by atoms with Crippen LogP contribution in [-0.2, 0) is 26.4 Å². The molecule has 4 heteroatoms. The number of aliphatic hydroxyl groups is 1. The molecule has 72 valence electrons. The standard InChI is InChI=1S/C9H15N3O/c1-12-9-4-6(13)2-3-7(9)8(5-10)11-12/h6,13H,2-5,10H2,1H3. The Labute approximate surface area is 77.4 Å². The van der Waals surface area contributed by atoms with Gasteiger partial charge in [0.2, 0.25) is 0 Å². The van der Waals surface area contributed by atoms with Crippen molar-refractivity contribution in [2.24, 2.45) is 12.8 Å². The van der Waals surface area contributed by atoms with Crippen LogP contribution >= 0.6 is 0 Å². The lowest BCUT2D eigenvalue weighted by molar-refractivity contribution is 0.156. The summed E-state index contributed by atoms with van der Waals surface area (Å²) < 4.78 is 1.85. The van der Waals surface area contributed by atoms with E-state index in [-0.39, 0.29) is 6.10 Å². The third-order valence-corrected chi connectivity index (χ3v) is 2.71. The zero-order chi connectivity index (χ0) is 9.42. The van der Waals surface area contributed by atoms with E-state index in [1.165, 1.54) is 5.56 Å². The van der Waals surface area contributed by atoms with Crippen LogP contribution in [0, 0.1) is 0 Å². The van der Waals surface area contributed by atoms with E-state index in [0.29, 0.717) is 6.54 Å². The van der Waals surface area contributed by atoms with Gasteiger partial charge in [-0.1, -0.05) is 0 Å². The van der Waals surface area contributed by atoms with Crippen molar-refractivity contribution in [2.75, 3.05) is 0 Å². The van der Waals surface area contributed by atoms with Crippen LogP contribution in [-0.4, -0.2) is 21.0 Å². The van der Waals surface area contributed by atoms with Crippen molar-refractivity contribution in [3.63, 3.8) is 0 Å². The summed E-state index contributed by atoms with van der Waals surface area (Å²) in [6.07, 6.45) is 2.27. The molecule has 1 aliphatic carbocycles. The smallest absolute Gasteiger partial charge is 0.0795 e. The van der Waals surface area contributed by atoms with Crippen LogP contribution in [0.2, 0.25) is 0 Å². The predicted molar refractivity (Wildman–Crippen MR) is 49.1 cm³/mol. The Hall–Kier alpha value is -0.870. The van der Waals surface area contributed by atoms with Gasteiger partial charge in [-0.15, -0.1) is 0 Å². The maximum Gasteiger partial charge on any atom is 0.0795 e. The number of aryl methyl sites for hydroxylation is 1. The molecule has 0 saturated heterocycles. The van der Waals surface area contributed by atoms with Crippen LogP contribution in [0.1, 0.15) is 23.4 Å². The zero-order valence-corrected chi connectivity index (χ0v) is 7.82. The summed E-state index contributed by atoms with van der Waals surface area (Å²) in [5, 5.41) is 13.8. The molecule has 0 bridgehead atoms. The molecule has 4 nitrogen and oxygen atoms in total. The van der Waals surface area contributed by atoms with Crippen molar-refractivity contribution in [3.05, 3.63) is 17.0 Å². The summed E-state index contributed by atoms with van der Waals surface area (Å²) in [6.45, 7) is 0.499.